The van der Waals surface area contributed by atoms with Crippen LogP contribution >= 0.6 is 11.6 Å². The van der Waals surface area contributed by atoms with E-state index in [1.807, 2.05) is 0 Å². The number of β-amino-alcohol motifs (C(OH)–C–C–N with tert-alkyl or cyclic N) is 2. The van der Waals surface area contributed by atoms with Crippen molar-refractivity contribution in [3.05, 3.63) is 0 Å². The minimum Gasteiger partial charge on any atom is -0.389 e. The first-order chi connectivity index (χ1) is 6.74. The van der Waals surface area contributed by atoms with Crippen LogP contribution in [-0.2, 0) is 0 Å². The van der Waals surface area contributed by atoms with Crippen LogP contribution in [0.25, 0.3) is 0 Å². The van der Waals surface area contributed by atoms with Crippen molar-refractivity contribution >= 4 is 11.6 Å². The van der Waals surface area contributed by atoms with Crippen molar-refractivity contribution in [2.75, 3.05) is 25.5 Å². The Morgan fingerprint density at radius 3 is 2.14 bits per heavy atom. The number of unbranched alkanes of at least 4 members (excludes halogenated alkanes) is 3. The van der Waals surface area contributed by atoms with Crippen LogP contribution in [0.5, 0.6) is 0 Å². The molecule has 0 radical (unpaired) electrons. The van der Waals surface area contributed by atoms with Crippen LogP contribution in [0.1, 0.15) is 25.7 Å². The zero-order valence-corrected chi connectivity index (χ0v) is 9.29. The second-order valence-electron chi connectivity index (χ2n) is 4.00. The molecule has 1 rings (SSSR count). The normalized spacial score (nSPS) is 28.5. The molecule has 1 heterocycles. The third-order valence-corrected chi connectivity index (χ3v) is 2.96. The van der Waals surface area contributed by atoms with Crippen molar-refractivity contribution in [3.63, 3.8) is 0 Å². The zero-order chi connectivity index (χ0) is 10.4. The maximum atomic E-state index is 9.30. The number of alkyl halides is 1. The number of hydrogen-bond acceptors (Lipinski definition) is 3. The average Bonchev–Trinajstić information content (AvgIpc) is 2.46. The van der Waals surface area contributed by atoms with Gasteiger partial charge in [-0.1, -0.05) is 12.8 Å². The molecule has 1 saturated heterocycles. The van der Waals surface area contributed by atoms with Crippen molar-refractivity contribution in [2.24, 2.45) is 0 Å². The van der Waals surface area contributed by atoms with Crippen LogP contribution in [0.3, 0.4) is 0 Å². The first-order valence-electron chi connectivity index (χ1n) is 5.38. The summed E-state index contributed by atoms with van der Waals surface area (Å²) in [5, 5.41) is 18.6. The maximum Gasteiger partial charge on any atom is 0.0938 e. The van der Waals surface area contributed by atoms with E-state index >= 15 is 0 Å². The van der Waals surface area contributed by atoms with Gasteiger partial charge in [0.25, 0.3) is 0 Å². The summed E-state index contributed by atoms with van der Waals surface area (Å²) in [6, 6.07) is 0. The second kappa shape index (κ2) is 6.62. The van der Waals surface area contributed by atoms with Crippen molar-refractivity contribution in [1.29, 1.82) is 0 Å². The van der Waals surface area contributed by atoms with Crippen LogP contribution in [-0.4, -0.2) is 52.8 Å². The molecule has 14 heavy (non-hydrogen) atoms. The van der Waals surface area contributed by atoms with E-state index in [0.717, 1.165) is 25.3 Å². The van der Waals surface area contributed by atoms with E-state index in [2.05, 4.69) is 4.90 Å². The summed E-state index contributed by atoms with van der Waals surface area (Å²) in [6.45, 7) is 2.23. The summed E-state index contributed by atoms with van der Waals surface area (Å²) < 4.78 is 0. The lowest BCUT2D eigenvalue weighted by molar-refractivity contribution is 0.0572. The third kappa shape index (κ3) is 4.13. The molecule has 4 heteroatoms. The van der Waals surface area contributed by atoms with Gasteiger partial charge in [0.2, 0.25) is 0 Å². The molecule has 1 aliphatic rings. The number of likely N-dealkylation sites (tertiary alicyclic amines) is 1. The van der Waals surface area contributed by atoms with Gasteiger partial charge in [-0.15, -0.1) is 11.6 Å². The highest BCUT2D eigenvalue weighted by Gasteiger charge is 2.28. The van der Waals surface area contributed by atoms with Crippen LogP contribution in [0.15, 0.2) is 0 Å². The Bertz CT molecular complexity index is 147. The average molecular weight is 222 g/mol. The number of halogens is 1. The lowest BCUT2D eigenvalue weighted by Gasteiger charge is -2.13. The minimum absolute atomic E-state index is 0.544. The molecular formula is C10H20ClNO2. The molecule has 0 aromatic rings. The Kier molecular flexibility index (Phi) is 5.78. The second-order valence-corrected chi connectivity index (χ2v) is 4.38. The van der Waals surface area contributed by atoms with E-state index in [4.69, 9.17) is 11.6 Å². The Balaban J connectivity index is 1.97. The van der Waals surface area contributed by atoms with E-state index in [1.54, 1.807) is 0 Å². The number of aliphatic hydroxyl groups excluding tert-OH is 2. The summed E-state index contributed by atoms with van der Waals surface area (Å²) in [7, 11) is 0. The molecular weight excluding hydrogens is 202 g/mol. The van der Waals surface area contributed by atoms with E-state index < -0.39 is 12.2 Å². The van der Waals surface area contributed by atoms with Gasteiger partial charge in [0.05, 0.1) is 12.2 Å². The quantitative estimate of drug-likeness (QED) is 0.516. The predicted octanol–water partition coefficient (Wildman–Crippen LogP) is 0.823. The van der Waals surface area contributed by atoms with Gasteiger partial charge >= 0.3 is 0 Å². The van der Waals surface area contributed by atoms with Gasteiger partial charge < -0.3 is 10.2 Å². The van der Waals surface area contributed by atoms with Crippen molar-refractivity contribution < 1.29 is 10.2 Å². The molecule has 0 amide bonds. The van der Waals surface area contributed by atoms with E-state index in [9.17, 15) is 10.2 Å². The van der Waals surface area contributed by atoms with Crippen LogP contribution < -0.4 is 0 Å². The molecule has 0 aromatic heterocycles. The molecule has 0 bridgehead atoms. The highest BCUT2D eigenvalue weighted by Crippen LogP contribution is 2.11. The SMILES string of the molecule is OC1CN(CCCCCCCl)CC1O. The van der Waals surface area contributed by atoms with Crippen LogP contribution in [0.2, 0.25) is 0 Å². The van der Waals surface area contributed by atoms with Crippen molar-refractivity contribution in [2.45, 2.75) is 37.9 Å². The summed E-state index contributed by atoms with van der Waals surface area (Å²) in [5.41, 5.74) is 0. The van der Waals surface area contributed by atoms with Crippen molar-refractivity contribution in [3.8, 4) is 0 Å². The fraction of sp³-hybridized carbons (Fsp3) is 1.00. The molecule has 2 N–H and O–H groups in total. The smallest absolute Gasteiger partial charge is 0.0938 e. The molecule has 0 saturated carbocycles. The van der Waals surface area contributed by atoms with Gasteiger partial charge in [0.1, 0.15) is 0 Å². The summed E-state index contributed by atoms with van der Waals surface area (Å²) in [6.07, 6.45) is 3.51. The maximum absolute atomic E-state index is 9.30. The first-order valence-corrected chi connectivity index (χ1v) is 5.92. The molecule has 1 aliphatic heterocycles. The fourth-order valence-corrected chi connectivity index (χ4v) is 2.00. The van der Waals surface area contributed by atoms with Crippen LogP contribution in [0, 0.1) is 0 Å². The first kappa shape index (κ1) is 12.2. The van der Waals surface area contributed by atoms with Crippen LogP contribution in [0.4, 0.5) is 0 Å². The number of aliphatic hydroxyl groups is 2. The van der Waals surface area contributed by atoms with Crippen molar-refractivity contribution in [1.82, 2.24) is 4.90 Å². The van der Waals surface area contributed by atoms with E-state index in [0.29, 0.717) is 13.1 Å². The Hall–Kier alpha value is 0.170. The third-order valence-electron chi connectivity index (χ3n) is 2.69. The molecule has 0 spiro atoms. The highest BCUT2D eigenvalue weighted by atomic mass is 35.5. The van der Waals surface area contributed by atoms with E-state index in [-0.39, 0.29) is 0 Å². The minimum atomic E-state index is -0.544. The number of hydrogen-bond donors (Lipinski definition) is 2. The monoisotopic (exact) mass is 221 g/mol. The van der Waals surface area contributed by atoms with Gasteiger partial charge in [0, 0.05) is 19.0 Å². The number of nitrogens with zero attached hydrogens (tertiary/aromatic N) is 1. The Morgan fingerprint density at radius 2 is 1.57 bits per heavy atom. The standard InChI is InChI=1S/C10H20ClNO2/c11-5-3-1-2-4-6-12-7-9(13)10(14)8-12/h9-10,13-14H,1-8H2. The Labute approximate surface area is 90.7 Å². The predicted molar refractivity (Wildman–Crippen MR) is 57.6 cm³/mol. The van der Waals surface area contributed by atoms with Gasteiger partial charge in [-0.25, -0.2) is 0 Å². The van der Waals surface area contributed by atoms with Gasteiger partial charge in [-0.3, -0.25) is 4.90 Å². The van der Waals surface area contributed by atoms with Gasteiger partial charge in [-0.05, 0) is 19.4 Å². The molecule has 2 atom stereocenters. The molecule has 0 aliphatic carbocycles. The molecule has 1 fully saturated rings. The van der Waals surface area contributed by atoms with Gasteiger partial charge in [-0.2, -0.15) is 0 Å². The van der Waals surface area contributed by atoms with Gasteiger partial charge in [0.15, 0.2) is 0 Å². The summed E-state index contributed by atoms with van der Waals surface area (Å²) in [4.78, 5) is 2.12. The van der Waals surface area contributed by atoms with E-state index in [1.165, 1.54) is 12.8 Å². The molecule has 2 unspecified atom stereocenters. The number of rotatable bonds is 6. The summed E-state index contributed by atoms with van der Waals surface area (Å²) in [5.74, 6) is 0.751. The largest absolute Gasteiger partial charge is 0.389 e. The topological polar surface area (TPSA) is 43.7 Å². The summed E-state index contributed by atoms with van der Waals surface area (Å²) >= 11 is 5.57. The fourth-order valence-electron chi connectivity index (χ4n) is 1.81. The lowest BCUT2D eigenvalue weighted by atomic mass is 10.2. The molecule has 0 aromatic carbocycles. The molecule has 84 valence electrons. The molecule has 3 nitrogen and oxygen atoms in total. The zero-order valence-electron chi connectivity index (χ0n) is 8.53. The Morgan fingerprint density at radius 1 is 1.00 bits per heavy atom. The highest BCUT2D eigenvalue weighted by molar-refractivity contribution is 6.17. The lowest BCUT2D eigenvalue weighted by Crippen LogP contribution is -2.23.